The fourth-order valence-corrected chi connectivity index (χ4v) is 3.52. The van der Waals surface area contributed by atoms with Crippen LogP contribution in [-0.4, -0.2) is 41.5 Å². The largest absolute Gasteiger partial charge is 0.445 e. The number of carbonyl (C=O) groups is 2. The van der Waals surface area contributed by atoms with Gasteiger partial charge in [-0.2, -0.15) is 0 Å². The van der Waals surface area contributed by atoms with Crippen molar-refractivity contribution in [2.75, 3.05) is 19.6 Å². The van der Waals surface area contributed by atoms with Crippen LogP contribution < -0.4 is 5.32 Å². The van der Waals surface area contributed by atoms with Crippen molar-refractivity contribution in [2.45, 2.75) is 26.4 Å². The minimum absolute atomic E-state index is 0.126. The average molecular weight is 373 g/mol. The topological polar surface area (TPSA) is 71.5 Å². The minimum Gasteiger partial charge on any atom is -0.445 e. The number of hydrogen-bond acceptors (Lipinski definition) is 5. The van der Waals surface area contributed by atoms with Gasteiger partial charge in [-0.1, -0.05) is 30.3 Å². The number of aryl methyl sites for hydroxylation is 1. The molecule has 0 spiro atoms. The summed E-state index contributed by atoms with van der Waals surface area (Å²) < 4.78 is 5.37. The van der Waals surface area contributed by atoms with Gasteiger partial charge in [-0.3, -0.25) is 4.79 Å². The predicted molar refractivity (Wildman–Crippen MR) is 100 cm³/mol. The maximum Gasteiger partial charge on any atom is 0.410 e. The highest BCUT2D eigenvalue weighted by atomic mass is 32.1. The Balaban J connectivity index is 1.37. The Hall–Kier alpha value is -2.41. The molecular weight excluding hydrogens is 350 g/mol. The third kappa shape index (κ3) is 5.05. The van der Waals surface area contributed by atoms with Gasteiger partial charge in [0.15, 0.2) is 0 Å². The van der Waals surface area contributed by atoms with Gasteiger partial charge < -0.3 is 15.0 Å². The van der Waals surface area contributed by atoms with E-state index in [0.29, 0.717) is 37.9 Å². The molecule has 7 heteroatoms. The van der Waals surface area contributed by atoms with Crippen LogP contribution in [0.5, 0.6) is 0 Å². The molecule has 3 rings (SSSR count). The molecule has 138 valence electrons. The van der Waals surface area contributed by atoms with Crippen LogP contribution in [0.1, 0.15) is 33.9 Å². The van der Waals surface area contributed by atoms with Crippen molar-refractivity contribution >= 4 is 23.3 Å². The van der Waals surface area contributed by atoms with E-state index in [1.807, 2.05) is 37.3 Å². The zero-order valence-corrected chi connectivity index (χ0v) is 15.6. The zero-order valence-electron chi connectivity index (χ0n) is 14.8. The van der Waals surface area contributed by atoms with Gasteiger partial charge in [-0.15, -0.1) is 11.3 Å². The first-order valence-electron chi connectivity index (χ1n) is 8.78. The van der Waals surface area contributed by atoms with E-state index in [9.17, 15) is 9.59 Å². The number of likely N-dealkylation sites (tertiary alicyclic amines) is 1. The standard InChI is InChI=1S/C19H23N3O3S/c1-14-21-17(13-26-14)18(23)20-11-15-7-9-22(10-8-15)19(24)25-12-16-5-3-2-4-6-16/h2-6,13,15H,7-12H2,1H3,(H,20,23). The average Bonchev–Trinajstić information content (AvgIpc) is 3.12. The molecule has 1 fully saturated rings. The van der Waals surface area contributed by atoms with Crippen molar-refractivity contribution in [3.8, 4) is 0 Å². The first-order valence-corrected chi connectivity index (χ1v) is 9.66. The number of nitrogens with one attached hydrogen (secondary N) is 1. The van der Waals surface area contributed by atoms with Crippen molar-refractivity contribution in [1.29, 1.82) is 0 Å². The van der Waals surface area contributed by atoms with Crippen molar-refractivity contribution in [3.63, 3.8) is 0 Å². The predicted octanol–water partition coefficient (Wildman–Crippen LogP) is 3.23. The highest BCUT2D eigenvalue weighted by Crippen LogP contribution is 2.18. The van der Waals surface area contributed by atoms with E-state index in [1.165, 1.54) is 11.3 Å². The third-order valence-corrected chi connectivity index (χ3v) is 5.25. The van der Waals surface area contributed by atoms with Gasteiger partial charge >= 0.3 is 6.09 Å². The van der Waals surface area contributed by atoms with Crippen LogP contribution in [0.25, 0.3) is 0 Å². The van der Waals surface area contributed by atoms with E-state index in [2.05, 4.69) is 10.3 Å². The number of ether oxygens (including phenoxy) is 1. The SMILES string of the molecule is Cc1nc(C(=O)NCC2CCN(C(=O)OCc3ccccc3)CC2)cs1. The second-order valence-corrected chi connectivity index (χ2v) is 7.49. The van der Waals surface area contributed by atoms with Gasteiger partial charge in [-0.05, 0) is 31.2 Å². The Morgan fingerprint density at radius 1 is 1.27 bits per heavy atom. The maximum atomic E-state index is 12.2. The Labute approximate surface area is 157 Å². The molecule has 1 aromatic heterocycles. The number of rotatable bonds is 5. The Morgan fingerprint density at radius 3 is 2.65 bits per heavy atom. The van der Waals surface area contributed by atoms with Crippen LogP contribution in [0.15, 0.2) is 35.7 Å². The van der Waals surface area contributed by atoms with Gasteiger partial charge in [0.25, 0.3) is 5.91 Å². The van der Waals surface area contributed by atoms with Crippen LogP contribution in [0.3, 0.4) is 0 Å². The summed E-state index contributed by atoms with van der Waals surface area (Å²) in [5.41, 5.74) is 1.46. The van der Waals surface area contributed by atoms with Crippen molar-refractivity contribution in [2.24, 2.45) is 5.92 Å². The van der Waals surface area contributed by atoms with Crippen LogP contribution in [0.4, 0.5) is 4.79 Å². The first kappa shape index (κ1) is 18.4. The van der Waals surface area contributed by atoms with Gasteiger partial charge in [-0.25, -0.2) is 9.78 Å². The summed E-state index contributed by atoms with van der Waals surface area (Å²) in [5, 5.41) is 5.60. The number of aromatic nitrogens is 1. The van der Waals surface area contributed by atoms with E-state index in [-0.39, 0.29) is 12.0 Å². The van der Waals surface area contributed by atoms with E-state index < -0.39 is 0 Å². The van der Waals surface area contributed by atoms with Crippen molar-refractivity contribution < 1.29 is 14.3 Å². The van der Waals surface area contributed by atoms with Crippen molar-refractivity contribution in [1.82, 2.24) is 15.2 Å². The maximum absolute atomic E-state index is 12.2. The molecular formula is C19H23N3O3S. The summed E-state index contributed by atoms with van der Waals surface area (Å²) in [4.78, 5) is 30.1. The summed E-state index contributed by atoms with van der Waals surface area (Å²) in [6.45, 7) is 4.10. The molecule has 0 unspecified atom stereocenters. The molecule has 1 aliphatic heterocycles. The van der Waals surface area contributed by atoms with E-state index in [4.69, 9.17) is 4.74 Å². The molecule has 0 bridgehead atoms. The smallest absolute Gasteiger partial charge is 0.410 e. The molecule has 2 heterocycles. The Kier molecular flexibility index (Phi) is 6.22. The molecule has 0 atom stereocenters. The van der Waals surface area contributed by atoms with Gasteiger partial charge in [0.1, 0.15) is 12.3 Å². The summed E-state index contributed by atoms with van der Waals surface area (Å²) in [6.07, 6.45) is 1.45. The number of thiazole rings is 1. The van der Waals surface area contributed by atoms with Gasteiger partial charge in [0, 0.05) is 25.0 Å². The monoisotopic (exact) mass is 373 g/mol. The van der Waals surface area contributed by atoms with E-state index >= 15 is 0 Å². The fourth-order valence-electron chi connectivity index (χ4n) is 2.93. The highest BCUT2D eigenvalue weighted by Gasteiger charge is 2.24. The molecule has 0 radical (unpaired) electrons. The Morgan fingerprint density at radius 2 is 2.00 bits per heavy atom. The number of piperidine rings is 1. The summed E-state index contributed by atoms with van der Waals surface area (Å²) >= 11 is 1.47. The van der Waals surface area contributed by atoms with Gasteiger partial charge in [0.2, 0.25) is 0 Å². The van der Waals surface area contributed by atoms with E-state index in [0.717, 1.165) is 23.4 Å². The van der Waals surface area contributed by atoms with Crippen LogP contribution in [0, 0.1) is 12.8 Å². The van der Waals surface area contributed by atoms with Crippen LogP contribution in [-0.2, 0) is 11.3 Å². The molecule has 2 aromatic rings. The number of benzene rings is 1. The quantitative estimate of drug-likeness (QED) is 0.873. The molecule has 1 aliphatic rings. The summed E-state index contributed by atoms with van der Waals surface area (Å²) in [5.74, 6) is 0.246. The lowest BCUT2D eigenvalue weighted by molar-refractivity contribution is 0.0800. The lowest BCUT2D eigenvalue weighted by Crippen LogP contribution is -2.41. The summed E-state index contributed by atoms with van der Waals surface area (Å²) in [6, 6.07) is 9.66. The summed E-state index contributed by atoms with van der Waals surface area (Å²) in [7, 11) is 0. The third-order valence-electron chi connectivity index (χ3n) is 4.48. The molecule has 26 heavy (non-hydrogen) atoms. The second kappa shape index (κ2) is 8.80. The Bertz CT molecular complexity index is 739. The molecule has 0 aliphatic carbocycles. The second-order valence-electron chi connectivity index (χ2n) is 6.43. The number of nitrogens with zero attached hydrogens (tertiary/aromatic N) is 2. The van der Waals surface area contributed by atoms with Crippen molar-refractivity contribution in [3.05, 3.63) is 52.0 Å². The molecule has 1 N–H and O–H groups in total. The van der Waals surface area contributed by atoms with Crippen LogP contribution in [0.2, 0.25) is 0 Å². The van der Waals surface area contributed by atoms with Gasteiger partial charge in [0.05, 0.1) is 5.01 Å². The number of hydrogen-bond donors (Lipinski definition) is 1. The zero-order chi connectivity index (χ0) is 18.4. The lowest BCUT2D eigenvalue weighted by Gasteiger charge is -2.31. The normalized spacial score (nSPS) is 14.9. The molecule has 6 nitrogen and oxygen atoms in total. The number of carbonyl (C=O) groups excluding carboxylic acids is 2. The van der Waals surface area contributed by atoms with Crippen LogP contribution >= 0.6 is 11.3 Å². The fraction of sp³-hybridized carbons (Fsp3) is 0.421. The number of amides is 2. The minimum atomic E-state index is -0.269. The molecule has 1 saturated heterocycles. The lowest BCUT2D eigenvalue weighted by atomic mass is 9.97. The molecule has 0 saturated carbocycles. The van der Waals surface area contributed by atoms with E-state index in [1.54, 1.807) is 10.3 Å². The highest BCUT2D eigenvalue weighted by molar-refractivity contribution is 7.09. The molecule has 2 amide bonds. The molecule has 1 aromatic carbocycles. The first-order chi connectivity index (χ1) is 12.6.